The first kappa shape index (κ1) is 23.3. The number of amides is 3. The third kappa shape index (κ3) is 4.92. The lowest BCUT2D eigenvalue weighted by Gasteiger charge is -2.34. The monoisotopic (exact) mass is 482 g/mol. The van der Waals surface area contributed by atoms with Crippen LogP contribution in [0.1, 0.15) is 37.6 Å². The van der Waals surface area contributed by atoms with Crippen molar-refractivity contribution in [2.45, 2.75) is 58.0 Å². The molecule has 1 aromatic heterocycles. The van der Waals surface area contributed by atoms with Crippen molar-refractivity contribution < 1.29 is 27.5 Å². The van der Waals surface area contributed by atoms with Crippen molar-refractivity contribution in [3.8, 4) is 5.69 Å². The molecular formula is C22H25F3N4O3S. The Hall–Kier alpha value is -2.82. The number of benzene rings is 1. The number of thiazole rings is 1. The number of urea groups is 1. The Morgan fingerprint density at radius 2 is 1.67 bits per heavy atom. The lowest BCUT2D eigenvalue weighted by atomic mass is 10.2. The minimum absolute atomic E-state index is 0.115. The average molecular weight is 483 g/mol. The molecule has 2 aromatic rings. The minimum Gasteiger partial charge on any atom is -0.444 e. The average Bonchev–Trinajstić information content (AvgIpc) is 3.40. The molecule has 11 heteroatoms. The zero-order valence-electron chi connectivity index (χ0n) is 18.7. The van der Waals surface area contributed by atoms with Crippen molar-refractivity contribution in [2.24, 2.45) is 4.99 Å². The van der Waals surface area contributed by atoms with E-state index in [-0.39, 0.29) is 18.2 Å². The Bertz CT molecular complexity index is 1130. The highest BCUT2D eigenvalue weighted by Crippen LogP contribution is 2.32. The van der Waals surface area contributed by atoms with E-state index >= 15 is 0 Å². The van der Waals surface area contributed by atoms with Gasteiger partial charge >= 0.3 is 18.3 Å². The number of likely N-dealkylation sites (tertiary alicyclic amines) is 2. The molecule has 3 amide bonds. The summed E-state index contributed by atoms with van der Waals surface area (Å²) in [5.41, 5.74) is -0.846. The normalized spacial score (nSPS) is 21.1. The van der Waals surface area contributed by atoms with Crippen molar-refractivity contribution in [2.75, 3.05) is 13.1 Å². The molecule has 0 spiro atoms. The highest BCUT2D eigenvalue weighted by atomic mass is 32.1. The number of rotatable bonds is 1. The molecular weight excluding hydrogens is 457 g/mol. The number of piperazine rings is 1. The van der Waals surface area contributed by atoms with E-state index in [1.165, 1.54) is 23.5 Å². The van der Waals surface area contributed by atoms with Crippen LogP contribution in [0.3, 0.4) is 0 Å². The number of aryl methyl sites for hydroxylation is 1. The third-order valence-corrected chi connectivity index (χ3v) is 6.45. The van der Waals surface area contributed by atoms with Crippen molar-refractivity contribution >= 4 is 23.5 Å². The SMILES string of the molecule is Cc1cn(-c2ccc(C(F)(F)F)cc2)c(=NC(=O)N2C[C@@H]3C[C@H]2CN3C(=O)OC(C)(C)C)s1. The summed E-state index contributed by atoms with van der Waals surface area (Å²) in [6.45, 7) is 8.03. The van der Waals surface area contributed by atoms with E-state index in [0.29, 0.717) is 30.0 Å². The molecule has 7 nitrogen and oxygen atoms in total. The smallest absolute Gasteiger partial charge is 0.416 e. The maximum Gasteiger partial charge on any atom is 0.416 e. The van der Waals surface area contributed by atoms with Crippen LogP contribution in [0.5, 0.6) is 0 Å². The topological polar surface area (TPSA) is 67.1 Å². The van der Waals surface area contributed by atoms with Crippen LogP contribution in [0, 0.1) is 6.92 Å². The highest BCUT2D eigenvalue weighted by Gasteiger charge is 2.48. The Balaban J connectivity index is 1.51. The Morgan fingerprint density at radius 1 is 1.06 bits per heavy atom. The van der Waals surface area contributed by atoms with Crippen molar-refractivity contribution in [1.29, 1.82) is 0 Å². The summed E-state index contributed by atoms with van der Waals surface area (Å²) in [6.07, 6.45) is -2.39. The van der Waals surface area contributed by atoms with E-state index in [1.807, 2.05) is 27.7 Å². The predicted octanol–water partition coefficient (Wildman–Crippen LogP) is 4.58. The minimum atomic E-state index is -4.42. The van der Waals surface area contributed by atoms with Gasteiger partial charge in [-0.1, -0.05) is 0 Å². The third-order valence-electron chi connectivity index (χ3n) is 5.55. The molecule has 4 rings (SSSR count). The number of alkyl halides is 3. The zero-order chi connectivity index (χ0) is 24.1. The van der Waals surface area contributed by atoms with Crippen molar-refractivity contribution in [3.63, 3.8) is 0 Å². The molecule has 0 aliphatic carbocycles. The van der Waals surface area contributed by atoms with E-state index in [1.54, 1.807) is 20.6 Å². The molecule has 33 heavy (non-hydrogen) atoms. The van der Waals surface area contributed by atoms with Gasteiger partial charge in [-0.3, -0.25) is 4.57 Å². The lowest BCUT2D eigenvalue weighted by Crippen LogP contribution is -2.51. The van der Waals surface area contributed by atoms with Gasteiger partial charge in [0, 0.05) is 29.9 Å². The first-order chi connectivity index (χ1) is 15.3. The van der Waals surface area contributed by atoms with Crippen LogP contribution >= 0.6 is 11.3 Å². The number of hydrogen-bond acceptors (Lipinski definition) is 4. The molecule has 0 N–H and O–H groups in total. The highest BCUT2D eigenvalue weighted by molar-refractivity contribution is 7.09. The molecule has 2 bridgehead atoms. The summed E-state index contributed by atoms with van der Waals surface area (Å²) < 4.78 is 45.7. The van der Waals surface area contributed by atoms with E-state index in [0.717, 1.165) is 17.0 Å². The molecule has 2 atom stereocenters. The molecule has 3 heterocycles. The van der Waals surface area contributed by atoms with Gasteiger partial charge in [-0.2, -0.15) is 18.2 Å². The zero-order valence-corrected chi connectivity index (χ0v) is 19.5. The van der Waals surface area contributed by atoms with Crippen LogP contribution in [0.15, 0.2) is 35.5 Å². The first-order valence-corrected chi connectivity index (χ1v) is 11.3. The number of nitrogens with zero attached hydrogens (tertiary/aromatic N) is 4. The molecule has 0 radical (unpaired) electrons. The largest absolute Gasteiger partial charge is 0.444 e. The quantitative estimate of drug-likeness (QED) is 0.598. The van der Waals surface area contributed by atoms with Gasteiger partial charge in [-0.05, 0) is 58.4 Å². The Kier molecular flexibility index (Phi) is 5.80. The fraction of sp³-hybridized carbons (Fsp3) is 0.500. The summed E-state index contributed by atoms with van der Waals surface area (Å²) >= 11 is 1.28. The van der Waals surface area contributed by atoms with Gasteiger partial charge in [0.25, 0.3) is 0 Å². The van der Waals surface area contributed by atoms with Gasteiger partial charge in [0.2, 0.25) is 0 Å². The maximum absolute atomic E-state index is 13.0. The predicted molar refractivity (Wildman–Crippen MR) is 116 cm³/mol. The molecule has 2 saturated heterocycles. The number of carbonyl (C=O) groups excluding carboxylic acids is 2. The second kappa shape index (κ2) is 8.19. The van der Waals surface area contributed by atoms with Gasteiger partial charge in [0.15, 0.2) is 4.80 Å². The number of aromatic nitrogens is 1. The number of ether oxygens (including phenoxy) is 1. The van der Waals surface area contributed by atoms with Crippen LogP contribution in [0.25, 0.3) is 5.69 Å². The van der Waals surface area contributed by atoms with Gasteiger partial charge in [0.1, 0.15) is 5.60 Å². The fourth-order valence-corrected chi connectivity index (χ4v) is 4.95. The fourth-order valence-electron chi connectivity index (χ4n) is 4.12. The van der Waals surface area contributed by atoms with E-state index in [4.69, 9.17) is 4.74 Å². The van der Waals surface area contributed by atoms with E-state index in [9.17, 15) is 22.8 Å². The molecule has 0 saturated carbocycles. The Morgan fingerprint density at radius 3 is 2.21 bits per heavy atom. The molecule has 0 unspecified atom stereocenters. The summed E-state index contributed by atoms with van der Waals surface area (Å²) in [6, 6.07) is 4.05. The molecule has 1 aromatic carbocycles. The maximum atomic E-state index is 13.0. The van der Waals surface area contributed by atoms with Gasteiger partial charge in [0.05, 0.1) is 17.6 Å². The number of hydrogen-bond donors (Lipinski definition) is 0. The second-order valence-electron chi connectivity index (χ2n) is 9.26. The molecule has 2 aliphatic rings. The number of halogens is 3. The van der Waals surface area contributed by atoms with Crippen LogP contribution in [-0.4, -0.2) is 57.3 Å². The van der Waals surface area contributed by atoms with E-state index in [2.05, 4.69) is 4.99 Å². The van der Waals surface area contributed by atoms with Crippen LogP contribution in [0.4, 0.5) is 22.8 Å². The van der Waals surface area contributed by atoms with Crippen LogP contribution in [-0.2, 0) is 10.9 Å². The van der Waals surface area contributed by atoms with Crippen molar-refractivity contribution in [3.05, 3.63) is 45.7 Å². The standard InChI is InChI=1S/C22H25F3N4O3S/c1-13-10-28(15-7-5-14(6-8-15)22(23,24)25)19(33-13)26-18(30)27-11-17-9-16(27)12-29(17)20(31)32-21(2,3)4/h5-8,10,16-17H,9,11-12H2,1-4H3/t16-,17-/m0/s1. The summed E-state index contributed by atoms with van der Waals surface area (Å²) in [4.78, 5) is 34.2. The summed E-state index contributed by atoms with van der Waals surface area (Å²) in [5.74, 6) is 0. The van der Waals surface area contributed by atoms with Crippen LogP contribution in [0.2, 0.25) is 0 Å². The van der Waals surface area contributed by atoms with Gasteiger partial charge < -0.3 is 14.5 Å². The van der Waals surface area contributed by atoms with Crippen molar-refractivity contribution in [1.82, 2.24) is 14.4 Å². The first-order valence-electron chi connectivity index (χ1n) is 10.5. The number of fused-ring (bicyclic) bond motifs is 2. The van der Waals surface area contributed by atoms with E-state index < -0.39 is 23.4 Å². The van der Waals surface area contributed by atoms with Crippen LogP contribution < -0.4 is 4.80 Å². The van der Waals surface area contributed by atoms with Gasteiger partial charge in [-0.25, -0.2) is 9.59 Å². The lowest BCUT2D eigenvalue weighted by molar-refractivity contribution is -0.137. The molecule has 178 valence electrons. The second-order valence-corrected chi connectivity index (χ2v) is 10.5. The number of carbonyl (C=O) groups is 2. The van der Waals surface area contributed by atoms with Gasteiger partial charge in [-0.15, -0.1) is 11.3 Å². The Labute approximate surface area is 193 Å². The molecule has 2 fully saturated rings. The molecule has 2 aliphatic heterocycles. The summed E-state index contributed by atoms with van der Waals surface area (Å²) in [5, 5.41) is 0. The summed E-state index contributed by atoms with van der Waals surface area (Å²) in [7, 11) is 0.